The Labute approximate surface area is 780 Å². The van der Waals surface area contributed by atoms with Gasteiger partial charge in [-0.3, -0.25) is 43.2 Å². The maximum Gasteiger partial charge on any atom is 0.344 e. The summed E-state index contributed by atoms with van der Waals surface area (Å²) < 4.78 is 57.3. The van der Waals surface area contributed by atoms with Crippen LogP contribution < -0.4 is 0 Å². The Morgan fingerprint density at radius 1 is 0.415 bits per heavy atom. The third-order valence-electron chi connectivity index (χ3n) is 38.2. The fourth-order valence-corrected chi connectivity index (χ4v) is 27.7. The van der Waals surface area contributed by atoms with Gasteiger partial charge < -0.3 is 52.5 Å². The number of fused-ring (bicyclic) bond motifs is 2. The van der Waals surface area contributed by atoms with Crippen molar-refractivity contribution in [3.8, 4) is 6.07 Å². The Bertz CT molecular complexity index is 4020. The zero-order valence-electron chi connectivity index (χ0n) is 85.0. The van der Waals surface area contributed by atoms with E-state index in [1.165, 1.54) is 103 Å². The van der Waals surface area contributed by atoms with Gasteiger partial charge in [0.15, 0.2) is 17.4 Å². The zero-order valence-corrected chi connectivity index (χ0v) is 85.0. The average Bonchev–Trinajstić information content (AvgIpc) is 1.72. The van der Waals surface area contributed by atoms with E-state index in [-0.39, 0.29) is 103 Å². The van der Waals surface area contributed by atoms with Crippen LogP contribution in [-0.4, -0.2) is 129 Å². The summed E-state index contributed by atoms with van der Waals surface area (Å²) in [7, 11) is 0. The van der Waals surface area contributed by atoms with Crippen molar-refractivity contribution in [2.24, 2.45) is 131 Å². The Balaban J connectivity index is 0.000000143. The fourth-order valence-electron chi connectivity index (χ4n) is 27.7. The molecule has 2 saturated heterocycles. The topological polar surface area (TPSA) is 307 Å². The molecule has 2 heterocycles. The normalized spacial score (nSPS) is 36.3. The minimum atomic E-state index is -1.22. The van der Waals surface area contributed by atoms with E-state index in [1.807, 2.05) is 111 Å². The highest BCUT2D eigenvalue weighted by molar-refractivity contribution is 6.03. The average molecular weight is 1820 g/mol. The lowest BCUT2D eigenvalue weighted by Gasteiger charge is -2.61. The zero-order chi connectivity index (χ0) is 95.9. The standard InChI is InChI=1S/C24H36O6.2C19H32O2.C17H21NO6.C16H26O3.C13H24O2/c1-6-22(2,3)19(25)28-17-14-12-16-18(17)29-20(26)24(16,13-14)21(27)30-23(4,5)15-10-8-7-9-11-15;2*1-6-17(2,3)16(20)21-18(4,5)19-10-13-7-14(11-19)9-15(8-13)12-19;1-4-16(2,3)14(20)22-7-11(19)23-12-9-5-10-13(12)24-15(21)17(10,6-9)8-18;1-4-14(2,3)13(17)19-16-8-11-5-12(9-16)7-15(18,6-11)10-16;1-5-12(3,4)11(14)15-13(6-2)9-7-8-10-13/h14-18H,6-13H2,1-5H3;2*13-15H,6-12H2,1-5H3;9-10,12-13H,4-7H2,1-3H3;11-12,18H,4-10H2,1-3H3;5-10H2,1-4H3. The first-order chi connectivity index (χ1) is 60.3. The summed E-state index contributed by atoms with van der Waals surface area (Å²) in [6.45, 7) is 49.4. The smallest absolute Gasteiger partial charge is 0.344 e. The van der Waals surface area contributed by atoms with E-state index in [0.717, 1.165) is 132 Å². The molecule has 2 aliphatic heterocycles. The van der Waals surface area contributed by atoms with Crippen LogP contribution >= 0.6 is 0 Å². The highest BCUT2D eigenvalue weighted by Crippen LogP contribution is 2.69. The molecule has 22 nitrogen and oxygen atoms in total. The van der Waals surface area contributed by atoms with Crippen LogP contribution in [-0.2, 0) is 95.3 Å². The van der Waals surface area contributed by atoms with Crippen molar-refractivity contribution in [1.29, 1.82) is 5.26 Å². The largest absolute Gasteiger partial charge is 0.459 e. The summed E-state index contributed by atoms with van der Waals surface area (Å²) in [4.78, 5) is 124. The van der Waals surface area contributed by atoms with E-state index >= 15 is 0 Å². The second-order valence-electron chi connectivity index (χ2n) is 50.6. The molecule has 20 aliphatic rings. The molecule has 20 rings (SSSR count). The molecule has 20 fully saturated rings. The highest BCUT2D eigenvalue weighted by Gasteiger charge is 2.77. The summed E-state index contributed by atoms with van der Waals surface area (Å²) in [5, 5.41) is 20.0. The number of rotatable bonds is 26. The van der Waals surface area contributed by atoms with Gasteiger partial charge in [-0.15, -0.1) is 0 Å². The van der Waals surface area contributed by atoms with Crippen LogP contribution in [0.4, 0.5) is 0 Å². The van der Waals surface area contributed by atoms with Crippen molar-refractivity contribution >= 4 is 59.7 Å². The lowest BCUT2D eigenvalue weighted by atomic mass is 9.46. The van der Waals surface area contributed by atoms with Gasteiger partial charge in [-0.25, -0.2) is 4.79 Å². The Morgan fingerprint density at radius 2 is 0.800 bits per heavy atom. The van der Waals surface area contributed by atoms with Crippen LogP contribution in [0.2, 0.25) is 0 Å². The molecule has 22 heteroatoms. The number of nitriles is 1. The molecule has 0 amide bonds. The maximum atomic E-state index is 13.4. The molecule has 0 spiro atoms. The van der Waals surface area contributed by atoms with Gasteiger partial charge in [-0.05, 0) is 396 Å². The van der Waals surface area contributed by atoms with Crippen LogP contribution in [0.25, 0.3) is 0 Å². The Hall–Kier alpha value is -5.85. The van der Waals surface area contributed by atoms with E-state index in [1.54, 1.807) is 13.8 Å². The second-order valence-corrected chi connectivity index (χ2v) is 50.6. The number of carbonyl (C=O) groups excluding carboxylic acids is 10. The number of nitrogens with zero attached hydrogens (tertiary/aromatic N) is 1. The third-order valence-corrected chi connectivity index (χ3v) is 38.2. The molecule has 0 aromatic carbocycles. The van der Waals surface area contributed by atoms with Crippen LogP contribution in [0.1, 0.15) is 417 Å². The minimum Gasteiger partial charge on any atom is -0.459 e. The lowest BCUT2D eigenvalue weighted by molar-refractivity contribution is -0.225. The molecular formula is C108H171NO21. The predicted molar refractivity (Wildman–Crippen MR) is 492 cm³/mol. The van der Waals surface area contributed by atoms with Crippen LogP contribution in [0.5, 0.6) is 0 Å². The summed E-state index contributed by atoms with van der Waals surface area (Å²) in [5.74, 6) is 3.35. The van der Waals surface area contributed by atoms with Gasteiger partial charge in [0.2, 0.25) is 0 Å². The molecule has 734 valence electrons. The quantitative estimate of drug-likeness (QED) is 0.0478. The number of ether oxygens (including phenoxy) is 10. The van der Waals surface area contributed by atoms with Crippen LogP contribution in [0.15, 0.2) is 0 Å². The van der Waals surface area contributed by atoms with Gasteiger partial charge in [0.1, 0.15) is 52.4 Å². The van der Waals surface area contributed by atoms with Gasteiger partial charge in [-0.2, -0.15) is 5.26 Å². The Morgan fingerprint density at radius 3 is 1.23 bits per heavy atom. The van der Waals surface area contributed by atoms with Gasteiger partial charge in [0, 0.05) is 40.9 Å². The van der Waals surface area contributed by atoms with E-state index < -0.39 is 99.1 Å². The first-order valence-corrected chi connectivity index (χ1v) is 51.6. The molecule has 130 heavy (non-hydrogen) atoms. The second kappa shape index (κ2) is 37.6. The van der Waals surface area contributed by atoms with Gasteiger partial charge >= 0.3 is 59.7 Å². The number of esters is 10. The van der Waals surface area contributed by atoms with E-state index in [0.29, 0.717) is 62.7 Å². The number of carbonyl (C=O) groups is 10. The first-order valence-electron chi connectivity index (χ1n) is 51.6. The van der Waals surface area contributed by atoms with E-state index in [4.69, 9.17) is 47.4 Å². The molecule has 0 aromatic heterocycles. The number of hydrogen-bond donors (Lipinski definition) is 1. The van der Waals surface area contributed by atoms with Crippen molar-refractivity contribution in [3.63, 3.8) is 0 Å². The van der Waals surface area contributed by atoms with Crippen LogP contribution in [0, 0.1) is 142 Å². The van der Waals surface area contributed by atoms with Crippen molar-refractivity contribution in [2.75, 3.05) is 6.61 Å². The Kier molecular flexibility index (Phi) is 29.8. The molecule has 0 aromatic rings. The predicted octanol–water partition coefficient (Wildman–Crippen LogP) is 22.2. The summed E-state index contributed by atoms with van der Waals surface area (Å²) in [6, 6.07) is 2.10. The maximum absolute atomic E-state index is 13.4. The summed E-state index contributed by atoms with van der Waals surface area (Å²) >= 11 is 0. The van der Waals surface area contributed by atoms with Crippen molar-refractivity contribution in [3.05, 3.63) is 0 Å². The summed E-state index contributed by atoms with van der Waals surface area (Å²) in [5.41, 5.74) is -6.74. The molecule has 0 radical (unpaired) electrons. The summed E-state index contributed by atoms with van der Waals surface area (Å²) in [6.07, 6.45) is 37.6. The van der Waals surface area contributed by atoms with Gasteiger partial charge in [0.25, 0.3) is 0 Å². The number of hydrogen-bond acceptors (Lipinski definition) is 22. The molecule has 1 N–H and O–H groups in total. The molecule has 12 unspecified atom stereocenters. The first kappa shape index (κ1) is 103. The van der Waals surface area contributed by atoms with Crippen molar-refractivity contribution < 1.29 is 100 Å². The SMILES string of the molecule is CCC(C)(C)C(=O)OC(C)(C)C12CC3CC(CC(C3)C1)C2.CCC(C)(C)C(=O)OC(C)(C)C12CC3CC(CC(C3)C1)C2.CCC(C)(C)C(=O)OC12CC3CC(CC(O)(C3)C1)C2.CCC(C)(C)C(=O)OC1C2CC3C1OC(=O)C3(C(=O)OC(C)(C)C1CCCCC1)C2.CCC(C)(C)C(=O)OCC(=O)OC1C2CC3C1OC(=O)C3(C#N)C2.CCC1(OC(=O)C(C)(C)CC)CCCC1. The fraction of sp³-hybridized carbons (Fsp3) is 0.898. The molecule has 16 bridgehead atoms. The van der Waals surface area contributed by atoms with Crippen molar-refractivity contribution in [2.45, 2.75) is 475 Å². The highest BCUT2D eigenvalue weighted by atomic mass is 16.6. The van der Waals surface area contributed by atoms with Crippen LogP contribution in [0.3, 0.4) is 0 Å². The van der Waals surface area contributed by atoms with E-state index in [9.17, 15) is 58.3 Å². The minimum absolute atomic E-state index is 0.00857. The van der Waals surface area contributed by atoms with E-state index in [2.05, 4.69) is 54.5 Å². The van der Waals surface area contributed by atoms with Gasteiger partial charge in [-0.1, -0.05) is 67.7 Å². The third kappa shape index (κ3) is 20.3. The monoisotopic (exact) mass is 1820 g/mol. The molecule has 18 saturated carbocycles. The molecular weight excluding hydrogens is 1650 g/mol. The number of aliphatic hydroxyl groups is 1. The lowest BCUT2D eigenvalue weighted by Crippen LogP contribution is -2.61. The van der Waals surface area contributed by atoms with Gasteiger partial charge in [0.05, 0.1) is 44.2 Å². The van der Waals surface area contributed by atoms with Crippen molar-refractivity contribution in [1.82, 2.24) is 0 Å². The molecule has 18 aliphatic carbocycles. The molecule has 12 atom stereocenters.